The van der Waals surface area contributed by atoms with Crippen molar-refractivity contribution in [2.75, 3.05) is 31.2 Å². The lowest BCUT2D eigenvalue weighted by molar-refractivity contribution is -0.384. The van der Waals surface area contributed by atoms with Crippen LogP contribution in [-0.4, -0.2) is 43.3 Å². The van der Waals surface area contributed by atoms with Crippen molar-refractivity contribution in [3.8, 4) is 0 Å². The van der Waals surface area contributed by atoms with E-state index < -0.39 is 4.92 Å². The summed E-state index contributed by atoms with van der Waals surface area (Å²) in [5, 5.41) is 15.4. The molecule has 1 amide bonds. The van der Waals surface area contributed by atoms with Crippen molar-refractivity contribution in [1.29, 1.82) is 0 Å². The lowest BCUT2D eigenvalue weighted by Gasteiger charge is -2.28. The van der Waals surface area contributed by atoms with Crippen LogP contribution in [0.3, 0.4) is 0 Å². The predicted molar refractivity (Wildman–Crippen MR) is 107 cm³/mol. The molecule has 8 heteroatoms. The number of hydrogen-bond acceptors (Lipinski definition) is 6. The summed E-state index contributed by atoms with van der Waals surface area (Å²) in [4.78, 5) is 24.9. The number of nitro benzene ring substituents is 1. The molecule has 8 nitrogen and oxygen atoms in total. The molecule has 0 aliphatic carbocycles. The smallest absolute Gasteiger partial charge is 0.293 e. The minimum atomic E-state index is -0.402. The molecule has 1 saturated heterocycles. The molecule has 1 heterocycles. The van der Waals surface area contributed by atoms with Crippen LogP contribution in [-0.2, 0) is 16.0 Å². The summed E-state index contributed by atoms with van der Waals surface area (Å²) in [6, 6.07) is 14.6. The molecule has 1 fully saturated rings. The van der Waals surface area contributed by atoms with Crippen molar-refractivity contribution in [3.05, 3.63) is 69.8 Å². The Balaban J connectivity index is 1.59. The summed E-state index contributed by atoms with van der Waals surface area (Å²) in [6.07, 6.45) is 2.36. The molecule has 0 saturated carbocycles. The summed E-state index contributed by atoms with van der Waals surface area (Å²) in [5.41, 5.74) is 4.67. The molecule has 0 unspecified atom stereocenters. The first kappa shape index (κ1) is 19.5. The van der Waals surface area contributed by atoms with Gasteiger partial charge >= 0.3 is 0 Å². The molecular weight excluding hydrogens is 360 g/mol. The number of nitrogens with zero attached hydrogens (tertiary/aromatic N) is 3. The quantitative estimate of drug-likeness (QED) is 0.451. The summed E-state index contributed by atoms with van der Waals surface area (Å²) >= 11 is 0. The van der Waals surface area contributed by atoms with Gasteiger partial charge in [0.2, 0.25) is 5.91 Å². The fraction of sp³-hybridized carbons (Fsp3) is 0.300. The van der Waals surface area contributed by atoms with E-state index >= 15 is 0 Å². The molecule has 0 radical (unpaired) electrons. The van der Waals surface area contributed by atoms with E-state index in [1.807, 2.05) is 35.2 Å². The third kappa shape index (κ3) is 5.37. The van der Waals surface area contributed by atoms with E-state index in [-0.39, 0.29) is 11.6 Å². The van der Waals surface area contributed by atoms with Crippen LogP contribution in [0.5, 0.6) is 0 Å². The Morgan fingerprint density at radius 1 is 1.21 bits per heavy atom. The molecular formula is C20H22N4O4. The number of anilines is 1. The Morgan fingerprint density at radius 3 is 2.68 bits per heavy atom. The monoisotopic (exact) mass is 382 g/mol. The normalized spacial score (nSPS) is 14.2. The molecule has 0 bridgehead atoms. The maximum Gasteiger partial charge on any atom is 0.293 e. The number of carbonyl (C=O) groups is 1. The number of nitro groups is 1. The van der Waals surface area contributed by atoms with E-state index in [1.165, 1.54) is 12.3 Å². The van der Waals surface area contributed by atoms with Gasteiger partial charge in [-0.05, 0) is 18.1 Å². The second-order valence-electron chi connectivity index (χ2n) is 6.38. The average Bonchev–Trinajstić information content (AvgIpc) is 2.73. The third-order valence-corrected chi connectivity index (χ3v) is 4.43. The molecule has 28 heavy (non-hydrogen) atoms. The van der Waals surface area contributed by atoms with Crippen molar-refractivity contribution in [2.45, 2.75) is 12.8 Å². The van der Waals surface area contributed by atoms with Crippen molar-refractivity contribution in [2.24, 2.45) is 5.10 Å². The Kier molecular flexibility index (Phi) is 6.69. The largest absolute Gasteiger partial charge is 0.378 e. The first-order valence-corrected chi connectivity index (χ1v) is 9.10. The topological polar surface area (TPSA) is 97.1 Å². The molecule has 2 aromatic carbocycles. The number of morpholine rings is 1. The number of ether oxygens (including phenoxy) is 1. The highest BCUT2D eigenvalue weighted by atomic mass is 16.6. The zero-order valence-electron chi connectivity index (χ0n) is 15.4. The van der Waals surface area contributed by atoms with Crippen molar-refractivity contribution < 1.29 is 14.5 Å². The number of hydrogen-bond donors (Lipinski definition) is 1. The Hall–Kier alpha value is -3.26. The van der Waals surface area contributed by atoms with E-state index in [0.717, 1.165) is 5.56 Å². The van der Waals surface area contributed by atoms with Crippen LogP contribution in [0.2, 0.25) is 0 Å². The fourth-order valence-electron chi connectivity index (χ4n) is 2.98. The predicted octanol–water partition coefficient (Wildman–Crippen LogP) is 2.51. The van der Waals surface area contributed by atoms with Crippen LogP contribution in [0, 0.1) is 10.1 Å². The highest BCUT2D eigenvalue weighted by Crippen LogP contribution is 2.29. The van der Waals surface area contributed by atoms with E-state index in [2.05, 4.69) is 10.5 Å². The molecule has 0 aromatic heterocycles. The number of amides is 1. The van der Waals surface area contributed by atoms with Gasteiger partial charge in [0.15, 0.2) is 0 Å². The van der Waals surface area contributed by atoms with E-state index in [1.54, 1.807) is 12.1 Å². The Bertz CT molecular complexity index is 849. The zero-order valence-corrected chi connectivity index (χ0v) is 15.4. The molecule has 1 aliphatic rings. The first-order valence-electron chi connectivity index (χ1n) is 9.10. The summed E-state index contributed by atoms with van der Waals surface area (Å²) in [7, 11) is 0. The molecule has 146 valence electrons. The second-order valence-corrected chi connectivity index (χ2v) is 6.38. The Labute approximate surface area is 163 Å². The van der Waals surface area contributed by atoms with Gasteiger partial charge in [-0.3, -0.25) is 14.9 Å². The average molecular weight is 382 g/mol. The van der Waals surface area contributed by atoms with Gasteiger partial charge in [-0.1, -0.05) is 36.4 Å². The first-order chi connectivity index (χ1) is 13.6. The SMILES string of the molecule is O=C(CCc1ccccc1)N/N=C\c1ccc(N2CCOCC2)c([N+](=O)[O-])c1. The molecule has 1 aliphatic heterocycles. The molecule has 0 atom stereocenters. The van der Waals surface area contributed by atoms with Crippen LogP contribution < -0.4 is 10.3 Å². The van der Waals surface area contributed by atoms with Gasteiger partial charge in [-0.15, -0.1) is 0 Å². The van der Waals surface area contributed by atoms with E-state index in [4.69, 9.17) is 4.74 Å². The van der Waals surface area contributed by atoms with Crippen LogP contribution in [0.4, 0.5) is 11.4 Å². The van der Waals surface area contributed by atoms with E-state index in [9.17, 15) is 14.9 Å². The molecule has 0 spiro atoms. The molecule has 2 aromatic rings. The second kappa shape index (κ2) is 9.61. The van der Waals surface area contributed by atoms with Crippen LogP contribution in [0.15, 0.2) is 53.6 Å². The fourth-order valence-corrected chi connectivity index (χ4v) is 2.98. The number of hydrazone groups is 1. The number of rotatable bonds is 7. The standard InChI is InChI=1S/C20H22N4O4/c25-20(9-7-16-4-2-1-3-5-16)22-21-15-17-6-8-18(19(14-17)24(26)27)23-10-12-28-13-11-23/h1-6,8,14-15H,7,9-13H2,(H,22,25)/b21-15-. The maximum atomic E-state index is 11.9. The molecule has 3 rings (SSSR count). The van der Waals surface area contributed by atoms with Crippen molar-refractivity contribution in [3.63, 3.8) is 0 Å². The summed E-state index contributed by atoms with van der Waals surface area (Å²) in [6.45, 7) is 2.34. The lowest BCUT2D eigenvalue weighted by atomic mass is 10.1. The third-order valence-electron chi connectivity index (χ3n) is 4.43. The number of nitrogens with one attached hydrogen (secondary N) is 1. The van der Waals surface area contributed by atoms with Gasteiger partial charge in [0.1, 0.15) is 5.69 Å². The van der Waals surface area contributed by atoms with Crippen LogP contribution >= 0.6 is 0 Å². The minimum Gasteiger partial charge on any atom is -0.378 e. The summed E-state index contributed by atoms with van der Waals surface area (Å²) in [5.74, 6) is -0.209. The van der Waals surface area contributed by atoms with Crippen molar-refractivity contribution >= 4 is 23.5 Å². The highest BCUT2D eigenvalue weighted by Gasteiger charge is 2.21. The number of aryl methyl sites for hydroxylation is 1. The van der Waals surface area contributed by atoms with Gasteiger partial charge in [-0.25, -0.2) is 5.43 Å². The lowest BCUT2D eigenvalue weighted by Crippen LogP contribution is -2.36. The van der Waals surface area contributed by atoms with Crippen LogP contribution in [0.25, 0.3) is 0 Å². The van der Waals surface area contributed by atoms with Gasteiger partial charge < -0.3 is 9.64 Å². The highest BCUT2D eigenvalue weighted by molar-refractivity contribution is 5.85. The number of benzene rings is 2. The molecule has 1 N–H and O–H groups in total. The number of carbonyl (C=O) groups excluding carboxylic acids is 1. The minimum absolute atomic E-state index is 0.0151. The maximum absolute atomic E-state index is 11.9. The van der Waals surface area contributed by atoms with Crippen molar-refractivity contribution in [1.82, 2.24) is 5.43 Å². The van der Waals surface area contributed by atoms with Gasteiger partial charge in [-0.2, -0.15) is 5.10 Å². The van der Waals surface area contributed by atoms with Gasteiger partial charge in [0.25, 0.3) is 5.69 Å². The van der Waals surface area contributed by atoms with Crippen LogP contribution in [0.1, 0.15) is 17.5 Å². The Morgan fingerprint density at radius 2 is 1.96 bits per heavy atom. The summed E-state index contributed by atoms with van der Waals surface area (Å²) < 4.78 is 5.30. The zero-order chi connectivity index (χ0) is 19.8. The van der Waals surface area contributed by atoms with Gasteiger partial charge in [0, 0.05) is 31.1 Å². The van der Waals surface area contributed by atoms with Gasteiger partial charge in [0.05, 0.1) is 24.4 Å². The van der Waals surface area contributed by atoms with E-state index in [0.29, 0.717) is 50.4 Å².